The van der Waals surface area contributed by atoms with Gasteiger partial charge in [-0.25, -0.2) is 9.89 Å². The maximum atomic E-state index is 13.4. The Bertz CT molecular complexity index is 1260. The van der Waals surface area contributed by atoms with Gasteiger partial charge in [0.2, 0.25) is 0 Å². The molecule has 1 fully saturated rings. The van der Waals surface area contributed by atoms with Crippen LogP contribution in [0.1, 0.15) is 55.9 Å². The van der Waals surface area contributed by atoms with Crippen molar-refractivity contribution >= 4 is 0 Å². The van der Waals surface area contributed by atoms with Crippen molar-refractivity contribution in [1.29, 1.82) is 0 Å². The van der Waals surface area contributed by atoms with Gasteiger partial charge >= 0.3 is 18.0 Å². The number of alkyl halides is 6. The van der Waals surface area contributed by atoms with E-state index in [9.17, 15) is 36.2 Å². The second-order valence-corrected chi connectivity index (χ2v) is 10.7. The van der Waals surface area contributed by atoms with E-state index in [1.165, 1.54) is 17.8 Å². The predicted molar refractivity (Wildman–Crippen MR) is 134 cm³/mol. The molecule has 0 radical (unpaired) electrons. The van der Waals surface area contributed by atoms with Crippen molar-refractivity contribution in [3.05, 3.63) is 76.0 Å². The summed E-state index contributed by atoms with van der Waals surface area (Å²) in [4.78, 5) is 12.4. The maximum Gasteiger partial charge on any atom is 0.416 e. The topological polar surface area (TPSA) is 92.2 Å². The molecule has 2 aliphatic rings. The molecule has 13 heteroatoms. The van der Waals surface area contributed by atoms with E-state index in [1.807, 2.05) is 31.2 Å². The quantitative estimate of drug-likeness (QED) is 0.388. The van der Waals surface area contributed by atoms with Gasteiger partial charge in [-0.15, -0.1) is 0 Å². The van der Waals surface area contributed by atoms with Crippen LogP contribution in [0.25, 0.3) is 0 Å². The van der Waals surface area contributed by atoms with E-state index in [2.05, 4.69) is 15.5 Å². The Hall–Kier alpha value is -2.90. The van der Waals surface area contributed by atoms with Crippen molar-refractivity contribution in [3.63, 3.8) is 0 Å². The summed E-state index contributed by atoms with van der Waals surface area (Å²) < 4.78 is 88.0. The number of benzene rings is 1. The minimum Gasteiger partial charge on any atom is -0.396 e. The lowest BCUT2D eigenvalue weighted by atomic mass is 9.67. The number of nitrogens with one attached hydrogen (secondary N) is 2. The standard InChI is InChI=1S/C27H32F6N4O3/c1-17-5-3-4-6-22(17)25(8-7-24(9-10-38,14-34-25)37-16-35-36-23(37)39)15-40-18(2)19-11-20(26(28,29)30)13-21(12-19)27(31,32)33/h3-6,11-13,16-18,22,34,38H,7-10,14-15H2,1-2H3,(H,36,39)/t17?,18-,22?,24-,25-/m1/s1. The van der Waals surface area contributed by atoms with Crippen LogP contribution in [0.4, 0.5) is 26.3 Å². The number of piperidine rings is 1. The number of rotatable bonds is 8. The molecule has 1 saturated heterocycles. The minimum atomic E-state index is -4.96. The summed E-state index contributed by atoms with van der Waals surface area (Å²) in [5.74, 6) is -0.0751. The van der Waals surface area contributed by atoms with Crippen molar-refractivity contribution in [3.8, 4) is 0 Å². The number of hydrogen-bond acceptors (Lipinski definition) is 5. The van der Waals surface area contributed by atoms with E-state index in [-0.39, 0.29) is 49.6 Å². The highest BCUT2D eigenvalue weighted by Crippen LogP contribution is 2.43. The smallest absolute Gasteiger partial charge is 0.396 e. The van der Waals surface area contributed by atoms with Crippen molar-refractivity contribution < 1.29 is 36.2 Å². The predicted octanol–water partition coefficient (Wildman–Crippen LogP) is 4.97. The first kappa shape index (κ1) is 30.1. The zero-order valence-electron chi connectivity index (χ0n) is 22.0. The fraction of sp³-hybridized carbons (Fsp3) is 0.556. The van der Waals surface area contributed by atoms with Gasteiger partial charge in [-0.1, -0.05) is 31.2 Å². The van der Waals surface area contributed by atoms with Gasteiger partial charge < -0.3 is 15.2 Å². The van der Waals surface area contributed by atoms with Crippen LogP contribution in [0, 0.1) is 11.8 Å². The fourth-order valence-electron chi connectivity index (χ4n) is 5.80. The average Bonchev–Trinajstić information content (AvgIpc) is 3.34. The highest BCUT2D eigenvalue weighted by atomic mass is 19.4. The third kappa shape index (κ3) is 6.06. The van der Waals surface area contributed by atoms with Gasteiger partial charge in [0.15, 0.2) is 0 Å². The number of aromatic nitrogens is 3. The van der Waals surface area contributed by atoms with Crippen LogP contribution in [0.2, 0.25) is 0 Å². The van der Waals surface area contributed by atoms with E-state index < -0.39 is 46.4 Å². The number of hydrogen-bond donors (Lipinski definition) is 3. The van der Waals surface area contributed by atoms with Crippen LogP contribution in [-0.2, 0) is 22.6 Å². The van der Waals surface area contributed by atoms with Crippen LogP contribution in [0.3, 0.4) is 0 Å². The number of ether oxygens (including phenoxy) is 1. The van der Waals surface area contributed by atoms with Crippen LogP contribution in [0.5, 0.6) is 0 Å². The first-order valence-electron chi connectivity index (χ1n) is 13.0. The largest absolute Gasteiger partial charge is 0.416 e. The number of allylic oxidation sites excluding steroid dienone is 3. The first-order valence-corrected chi connectivity index (χ1v) is 13.0. The molecule has 40 heavy (non-hydrogen) atoms. The maximum absolute atomic E-state index is 13.4. The second-order valence-electron chi connectivity index (χ2n) is 10.7. The lowest BCUT2D eigenvalue weighted by Crippen LogP contribution is -2.65. The highest BCUT2D eigenvalue weighted by molar-refractivity contribution is 5.34. The van der Waals surface area contributed by atoms with Crippen LogP contribution < -0.4 is 11.0 Å². The molecule has 1 aromatic heterocycles. The highest BCUT2D eigenvalue weighted by Gasteiger charge is 2.49. The van der Waals surface area contributed by atoms with Crippen LogP contribution in [0.15, 0.2) is 53.6 Å². The van der Waals surface area contributed by atoms with Crippen molar-refractivity contribution in [1.82, 2.24) is 20.1 Å². The number of nitrogens with zero attached hydrogens (tertiary/aromatic N) is 2. The third-order valence-corrected chi connectivity index (χ3v) is 8.17. The van der Waals surface area contributed by atoms with Gasteiger partial charge in [-0.05, 0) is 55.9 Å². The van der Waals surface area contributed by atoms with E-state index >= 15 is 0 Å². The molecule has 4 rings (SSSR count). The third-order valence-electron chi connectivity index (χ3n) is 8.17. The van der Waals surface area contributed by atoms with Crippen molar-refractivity contribution in [2.75, 3.05) is 19.8 Å². The molecule has 1 aliphatic heterocycles. The summed E-state index contributed by atoms with van der Waals surface area (Å²) >= 11 is 0. The SMILES string of the molecule is CC1C=CC=CC1[C@]1(CO[C@H](C)c2cc(C(F)(F)F)cc(C(F)(F)F)c2)CC[C@](CCO)(n2cn[nH]c2=O)CN1. The number of halogens is 6. The monoisotopic (exact) mass is 574 g/mol. The second kappa shape index (κ2) is 11.2. The lowest BCUT2D eigenvalue weighted by molar-refractivity contribution is -0.143. The summed E-state index contributed by atoms with van der Waals surface area (Å²) in [5, 5.41) is 19.5. The summed E-state index contributed by atoms with van der Waals surface area (Å²) in [6.45, 7) is 3.49. The molecule has 2 heterocycles. The van der Waals surface area contributed by atoms with Gasteiger partial charge in [0.1, 0.15) is 6.33 Å². The molecule has 3 N–H and O–H groups in total. The Balaban J connectivity index is 1.63. The number of aromatic amines is 1. The molecular formula is C27H32F6N4O3. The molecule has 1 aromatic carbocycles. The van der Waals surface area contributed by atoms with Gasteiger partial charge in [0.25, 0.3) is 0 Å². The van der Waals surface area contributed by atoms with Gasteiger partial charge in [-0.2, -0.15) is 31.4 Å². The summed E-state index contributed by atoms with van der Waals surface area (Å²) in [6, 6.07) is 1.47. The van der Waals surface area contributed by atoms with Gasteiger partial charge in [0, 0.05) is 24.6 Å². The Morgan fingerprint density at radius 3 is 2.25 bits per heavy atom. The summed E-state index contributed by atoms with van der Waals surface area (Å²) in [6.07, 6.45) is -0.662. The normalized spacial score (nSPS) is 28.1. The molecule has 7 nitrogen and oxygen atoms in total. The lowest BCUT2D eigenvalue weighted by Gasteiger charge is -2.51. The Kier molecular flexibility index (Phi) is 8.40. The number of H-pyrrole nitrogens is 1. The van der Waals surface area contributed by atoms with E-state index in [4.69, 9.17) is 4.74 Å². The molecule has 0 spiro atoms. The number of aliphatic hydroxyl groups excluding tert-OH is 1. The van der Waals surface area contributed by atoms with E-state index in [0.29, 0.717) is 25.0 Å². The van der Waals surface area contributed by atoms with Crippen molar-refractivity contribution in [2.24, 2.45) is 11.8 Å². The minimum absolute atomic E-state index is 0.0194. The summed E-state index contributed by atoms with van der Waals surface area (Å²) in [5.41, 5.74) is -4.99. The Labute approximate surface area is 226 Å². The molecular weight excluding hydrogens is 542 g/mol. The molecule has 2 unspecified atom stereocenters. The molecule has 2 aromatic rings. The zero-order chi connectivity index (χ0) is 29.3. The number of aliphatic hydroxyl groups is 1. The molecule has 5 atom stereocenters. The first-order chi connectivity index (χ1) is 18.7. The van der Waals surface area contributed by atoms with Crippen LogP contribution in [-0.4, -0.2) is 45.2 Å². The van der Waals surface area contributed by atoms with Gasteiger partial charge in [-0.3, -0.25) is 4.57 Å². The van der Waals surface area contributed by atoms with Crippen molar-refractivity contribution in [2.45, 2.75) is 62.6 Å². The Morgan fingerprint density at radius 1 is 1.10 bits per heavy atom. The van der Waals surface area contributed by atoms with E-state index in [0.717, 1.165) is 0 Å². The fourth-order valence-corrected chi connectivity index (χ4v) is 5.80. The molecule has 0 bridgehead atoms. The molecule has 0 amide bonds. The summed E-state index contributed by atoms with van der Waals surface area (Å²) in [7, 11) is 0. The Morgan fingerprint density at radius 2 is 1.75 bits per heavy atom. The molecule has 220 valence electrons. The zero-order valence-corrected chi connectivity index (χ0v) is 22.0. The molecule has 0 saturated carbocycles. The van der Waals surface area contributed by atoms with E-state index in [1.54, 1.807) is 0 Å². The average molecular weight is 575 g/mol. The molecule has 1 aliphatic carbocycles. The van der Waals surface area contributed by atoms with Gasteiger partial charge in [0.05, 0.1) is 29.4 Å². The van der Waals surface area contributed by atoms with Crippen LogP contribution >= 0.6 is 0 Å².